The number of carbonyl (C=O) groups excluding carboxylic acids is 1. The summed E-state index contributed by atoms with van der Waals surface area (Å²) < 4.78 is 10.3. The van der Waals surface area contributed by atoms with Gasteiger partial charge < -0.3 is 24.3 Å². The van der Waals surface area contributed by atoms with E-state index in [9.17, 15) is 4.79 Å². The summed E-state index contributed by atoms with van der Waals surface area (Å²) in [6, 6.07) is 2.23. The molecule has 4 rings (SSSR count). The number of piperidine rings is 1. The number of amides is 1. The Morgan fingerprint density at radius 2 is 1.86 bits per heavy atom. The Morgan fingerprint density at radius 3 is 2.52 bits per heavy atom. The maximum atomic E-state index is 12.4. The lowest BCUT2D eigenvalue weighted by atomic mass is 10.0. The molecule has 0 unspecified atom stereocenters. The number of nitrogens with one attached hydrogen (secondary N) is 1. The van der Waals surface area contributed by atoms with Crippen LogP contribution in [0.3, 0.4) is 0 Å². The average molecular weight is 400 g/mol. The van der Waals surface area contributed by atoms with Crippen molar-refractivity contribution in [2.24, 2.45) is 0 Å². The highest BCUT2D eigenvalue weighted by Crippen LogP contribution is 2.21. The van der Waals surface area contributed by atoms with E-state index in [1.54, 1.807) is 13.2 Å². The van der Waals surface area contributed by atoms with Gasteiger partial charge in [0.1, 0.15) is 6.26 Å². The molecule has 156 valence electrons. The molecule has 0 aliphatic carbocycles. The van der Waals surface area contributed by atoms with Gasteiger partial charge in [-0.3, -0.25) is 4.79 Å². The number of hydrogen-bond donors (Lipinski definition) is 1. The topological polar surface area (TPSA) is 96.6 Å². The van der Waals surface area contributed by atoms with Crippen molar-refractivity contribution in [3.63, 3.8) is 0 Å². The van der Waals surface area contributed by atoms with Gasteiger partial charge in [0, 0.05) is 32.2 Å². The van der Waals surface area contributed by atoms with E-state index < -0.39 is 0 Å². The summed E-state index contributed by atoms with van der Waals surface area (Å²) in [5, 5.41) is 3.42. The van der Waals surface area contributed by atoms with Gasteiger partial charge in [-0.15, -0.1) is 0 Å². The summed E-state index contributed by atoms with van der Waals surface area (Å²) in [5.41, 5.74) is 0.598. The minimum absolute atomic E-state index is 0.0162. The summed E-state index contributed by atoms with van der Waals surface area (Å²) in [7, 11) is 1.57. The number of rotatable bonds is 5. The number of hydrogen-bond acceptors (Lipinski definition) is 8. The second-order valence-corrected chi connectivity index (χ2v) is 7.57. The first kappa shape index (κ1) is 19.5. The number of likely N-dealkylation sites (tertiary alicyclic amines) is 1. The molecule has 0 spiro atoms. The van der Waals surface area contributed by atoms with Crippen molar-refractivity contribution in [1.29, 1.82) is 0 Å². The molecule has 9 nitrogen and oxygen atoms in total. The summed E-state index contributed by atoms with van der Waals surface area (Å²) in [6.45, 7) is 3.29. The Kier molecular flexibility index (Phi) is 6.12. The molecule has 2 aliphatic rings. The molecule has 4 heterocycles. The number of furan rings is 1. The van der Waals surface area contributed by atoms with E-state index in [0.717, 1.165) is 38.8 Å². The highest BCUT2D eigenvalue weighted by atomic mass is 16.5. The SMILES string of the molecule is COc1nc(NC2CCN(C(=O)c3ccoc3)CC2)nc(N2CCCCCC2)n1. The maximum Gasteiger partial charge on any atom is 0.322 e. The first-order chi connectivity index (χ1) is 14.2. The number of anilines is 2. The van der Waals surface area contributed by atoms with Crippen molar-refractivity contribution >= 4 is 17.8 Å². The predicted molar refractivity (Wildman–Crippen MR) is 108 cm³/mol. The number of methoxy groups -OCH3 is 1. The zero-order valence-electron chi connectivity index (χ0n) is 16.8. The van der Waals surface area contributed by atoms with Crippen molar-refractivity contribution in [1.82, 2.24) is 19.9 Å². The van der Waals surface area contributed by atoms with Crippen LogP contribution in [0.25, 0.3) is 0 Å². The van der Waals surface area contributed by atoms with E-state index in [-0.39, 0.29) is 11.9 Å². The molecular formula is C20H28N6O3. The van der Waals surface area contributed by atoms with Crippen molar-refractivity contribution in [3.05, 3.63) is 24.2 Å². The molecular weight excluding hydrogens is 372 g/mol. The highest BCUT2D eigenvalue weighted by Gasteiger charge is 2.25. The standard InChI is InChI=1S/C20H28N6O3/c1-28-20-23-18(22-19(24-20)26-9-4-2-3-5-10-26)21-16-6-11-25(12-7-16)17(27)15-8-13-29-14-15/h8,13-14,16H,2-7,9-12H2,1H3,(H,21,22,23,24). The van der Waals surface area contributed by atoms with E-state index in [1.165, 1.54) is 25.4 Å². The molecule has 29 heavy (non-hydrogen) atoms. The number of aromatic nitrogens is 3. The largest absolute Gasteiger partial charge is 0.472 e. The fourth-order valence-corrected chi connectivity index (χ4v) is 3.89. The van der Waals surface area contributed by atoms with Gasteiger partial charge in [-0.05, 0) is 31.7 Å². The molecule has 2 aromatic heterocycles. The Hall–Kier alpha value is -2.84. The first-order valence-electron chi connectivity index (χ1n) is 10.4. The lowest BCUT2D eigenvalue weighted by Crippen LogP contribution is -2.42. The van der Waals surface area contributed by atoms with Crippen molar-refractivity contribution in [2.75, 3.05) is 43.5 Å². The summed E-state index contributed by atoms with van der Waals surface area (Å²) >= 11 is 0. The molecule has 0 atom stereocenters. The van der Waals surface area contributed by atoms with Crippen LogP contribution < -0.4 is 15.0 Å². The third-order valence-electron chi connectivity index (χ3n) is 5.56. The van der Waals surface area contributed by atoms with E-state index in [1.807, 2.05) is 4.90 Å². The van der Waals surface area contributed by atoms with Gasteiger partial charge in [0.05, 0.1) is 18.9 Å². The van der Waals surface area contributed by atoms with E-state index in [0.29, 0.717) is 36.6 Å². The smallest absolute Gasteiger partial charge is 0.322 e. The fourth-order valence-electron chi connectivity index (χ4n) is 3.89. The number of ether oxygens (including phenoxy) is 1. The van der Waals surface area contributed by atoms with Crippen LogP contribution >= 0.6 is 0 Å². The quantitative estimate of drug-likeness (QED) is 0.818. The second kappa shape index (κ2) is 9.11. The minimum Gasteiger partial charge on any atom is -0.472 e. The fraction of sp³-hybridized carbons (Fsp3) is 0.600. The van der Waals surface area contributed by atoms with Crippen molar-refractivity contribution in [2.45, 2.75) is 44.6 Å². The predicted octanol–water partition coefficient (Wildman–Crippen LogP) is 2.57. The Morgan fingerprint density at radius 1 is 1.10 bits per heavy atom. The van der Waals surface area contributed by atoms with Gasteiger partial charge in [-0.2, -0.15) is 15.0 Å². The first-order valence-corrected chi connectivity index (χ1v) is 10.4. The molecule has 2 aromatic rings. The number of carbonyl (C=O) groups is 1. The van der Waals surface area contributed by atoms with Crippen LogP contribution in [0.2, 0.25) is 0 Å². The van der Waals surface area contributed by atoms with Crippen LogP contribution in [0.15, 0.2) is 23.0 Å². The highest BCUT2D eigenvalue weighted by molar-refractivity contribution is 5.93. The zero-order chi connectivity index (χ0) is 20.1. The van der Waals surface area contributed by atoms with Gasteiger partial charge in [0.2, 0.25) is 11.9 Å². The van der Waals surface area contributed by atoms with Crippen LogP contribution in [-0.2, 0) is 0 Å². The van der Waals surface area contributed by atoms with E-state index in [2.05, 4.69) is 25.2 Å². The molecule has 0 saturated carbocycles. The van der Waals surface area contributed by atoms with Gasteiger partial charge in [0.15, 0.2) is 0 Å². The normalized spacial score (nSPS) is 18.4. The average Bonchev–Trinajstić information content (AvgIpc) is 3.16. The third kappa shape index (κ3) is 4.78. The molecule has 2 aliphatic heterocycles. The van der Waals surface area contributed by atoms with Gasteiger partial charge >= 0.3 is 6.01 Å². The molecule has 1 amide bonds. The molecule has 0 radical (unpaired) electrons. The van der Waals surface area contributed by atoms with Gasteiger partial charge in [-0.25, -0.2) is 0 Å². The Bertz CT molecular complexity index is 797. The van der Waals surface area contributed by atoms with Gasteiger partial charge in [-0.1, -0.05) is 12.8 Å². The molecule has 0 aromatic carbocycles. The van der Waals surface area contributed by atoms with Crippen LogP contribution in [0.4, 0.5) is 11.9 Å². The maximum absolute atomic E-state index is 12.4. The summed E-state index contributed by atoms with van der Waals surface area (Å²) in [5.74, 6) is 1.23. The van der Waals surface area contributed by atoms with Crippen molar-refractivity contribution < 1.29 is 13.9 Å². The third-order valence-corrected chi connectivity index (χ3v) is 5.56. The zero-order valence-corrected chi connectivity index (χ0v) is 16.8. The Labute approximate surface area is 170 Å². The van der Waals surface area contributed by atoms with Crippen LogP contribution in [0.5, 0.6) is 6.01 Å². The number of nitrogens with zero attached hydrogens (tertiary/aromatic N) is 5. The lowest BCUT2D eigenvalue weighted by Gasteiger charge is -2.32. The van der Waals surface area contributed by atoms with Crippen LogP contribution in [0, 0.1) is 0 Å². The van der Waals surface area contributed by atoms with E-state index >= 15 is 0 Å². The lowest BCUT2D eigenvalue weighted by molar-refractivity contribution is 0.0717. The monoisotopic (exact) mass is 400 g/mol. The minimum atomic E-state index is 0.0162. The van der Waals surface area contributed by atoms with E-state index in [4.69, 9.17) is 9.15 Å². The molecule has 1 N–H and O–H groups in total. The van der Waals surface area contributed by atoms with Crippen LogP contribution in [-0.4, -0.2) is 65.1 Å². The van der Waals surface area contributed by atoms with Gasteiger partial charge in [0.25, 0.3) is 5.91 Å². The van der Waals surface area contributed by atoms with Crippen LogP contribution in [0.1, 0.15) is 48.9 Å². The summed E-state index contributed by atoms with van der Waals surface area (Å²) in [6.07, 6.45) is 9.48. The second-order valence-electron chi connectivity index (χ2n) is 7.57. The molecule has 0 bridgehead atoms. The van der Waals surface area contributed by atoms with Crippen molar-refractivity contribution in [3.8, 4) is 6.01 Å². The Balaban J connectivity index is 1.39. The molecule has 2 saturated heterocycles. The molecule has 2 fully saturated rings. The summed E-state index contributed by atoms with van der Waals surface area (Å²) in [4.78, 5) is 30.0. The molecule has 9 heteroatoms.